The SMILES string of the molecule is CCc1ccccc1N(CC(=O)N(Cc1ccc(Cl)c(Cl)c1)[C@H](CC)C(=O)NC1CCCC1)S(=O)(=O)c1ccccc1. The lowest BCUT2D eigenvalue weighted by atomic mass is 10.1. The van der Waals surface area contributed by atoms with Crippen LogP contribution in [-0.4, -0.2) is 43.8 Å². The first kappa shape index (κ1) is 31.9. The van der Waals surface area contributed by atoms with Gasteiger partial charge in [0.05, 0.1) is 20.6 Å². The molecule has 0 saturated heterocycles. The molecule has 1 fully saturated rings. The van der Waals surface area contributed by atoms with E-state index in [0.717, 1.165) is 35.6 Å². The molecular weight excluding hydrogens is 593 g/mol. The third-order valence-electron chi connectivity index (χ3n) is 7.68. The zero-order chi connectivity index (χ0) is 30.3. The topological polar surface area (TPSA) is 86.8 Å². The van der Waals surface area contributed by atoms with E-state index in [1.54, 1.807) is 48.5 Å². The zero-order valence-corrected chi connectivity index (χ0v) is 26.3. The van der Waals surface area contributed by atoms with Crippen molar-refractivity contribution >= 4 is 50.7 Å². The van der Waals surface area contributed by atoms with E-state index < -0.39 is 28.5 Å². The van der Waals surface area contributed by atoms with E-state index >= 15 is 0 Å². The summed E-state index contributed by atoms with van der Waals surface area (Å²) in [6.45, 7) is 3.35. The maximum Gasteiger partial charge on any atom is 0.264 e. The van der Waals surface area contributed by atoms with Crippen molar-refractivity contribution in [2.24, 2.45) is 0 Å². The molecule has 42 heavy (non-hydrogen) atoms. The number of hydrogen-bond donors (Lipinski definition) is 1. The summed E-state index contributed by atoms with van der Waals surface area (Å²) in [5.74, 6) is -0.746. The number of anilines is 1. The summed E-state index contributed by atoms with van der Waals surface area (Å²) in [7, 11) is -4.13. The molecule has 1 aliphatic carbocycles. The summed E-state index contributed by atoms with van der Waals surface area (Å²) < 4.78 is 29.3. The summed E-state index contributed by atoms with van der Waals surface area (Å²) in [4.78, 5) is 29.4. The minimum absolute atomic E-state index is 0.0565. The lowest BCUT2D eigenvalue weighted by molar-refractivity contribution is -0.140. The number of benzene rings is 3. The van der Waals surface area contributed by atoms with E-state index in [9.17, 15) is 18.0 Å². The molecule has 0 bridgehead atoms. The summed E-state index contributed by atoms with van der Waals surface area (Å²) in [5.41, 5.74) is 1.89. The van der Waals surface area contributed by atoms with Gasteiger partial charge in [-0.2, -0.15) is 0 Å². The number of halogens is 2. The van der Waals surface area contributed by atoms with E-state index in [4.69, 9.17) is 23.2 Å². The number of hydrogen-bond acceptors (Lipinski definition) is 4. The Balaban J connectivity index is 1.74. The molecule has 0 heterocycles. The fourth-order valence-electron chi connectivity index (χ4n) is 5.41. The maximum atomic E-state index is 14.3. The van der Waals surface area contributed by atoms with Gasteiger partial charge in [0, 0.05) is 12.6 Å². The van der Waals surface area contributed by atoms with Gasteiger partial charge in [0.1, 0.15) is 12.6 Å². The third-order valence-corrected chi connectivity index (χ3v) is 10.2. The molecule has 7 nitrogen and oxygen atoms in total. The molecule has 0 aliphatic heterocycles. The number of carbonyl (C=O) groups is 2. The molecule has 0 spiro atoms. The second kappa shape index (κ2) is 14.4. The van der Waals surface area contributed by atoms with Gasteiger partial charge < -0.3 is 10.2 Å². The Kier molecular flexibility index (Phi) is 10.9. The largest absolute Gasteiger partial charge is 0.352 e. The van der Waals surface area contributed by atoms with Crippen LogP contribution in [0.25, 0.3) is 0 Å². The van der Waals surface area contributed by atoms with Crippen molar-refractivity contribution in [2.45, 2.75) is 75.9 Å². The van der Waals surface area contributed by atoms with Crippen LogP contribution < -0.4 is 9.62 Å². The monoisotopic (exact) mass is 629 g/mol. The Morgan fingerprint density at radius 3 is 2.24 bits per heavy atom. The van der Waals surface area contributed by atoms with Crippen LogP contribution in [0.3, 0.4) is 0 Å². The van der Waals surface area contributed by atoms with E-state index in [0.29, 0.717) is 34.1 Å². The van der Waals surface area contributed by atoms with Crippen LogP contribution in [0.15, 0.2) is 77.7 Å². The van der Waals surface area contributed by atoms with E-state index in [1.807, 2.05) is 26.0 Å². The standard InChI is InChI=1S/C32H37Cl2N3O4S/c1-3-24-12-8-11-17-30(24)37(42(40,41)26-15-6-5-7-16-26)22-31(38)36(21-23-18-19-27(33)28(34)20-23)29(4-2)32(39)35-25-13-9-10-14-25/h5-8,11-12,15-20,25,29H,3-4,9-10,13-14,21-22H2,1-2H3,(H,35,39)/t29-/m1/s1. The zero-order valence-electron chi connectivity index (χ0n) is 23.9. The number of aryl methyl sites for hydroxylation is 1. The van der Waals surface area contributed by atoms with Crippen molar-refractivity contribution in [1.29, 1.82) is 0 Å². The van der Waals surface area contributed by atoms with Gasteiger partial charge in [-0.05, 0) is 67.1 Å². The minimum atomic E-state index is -4.13. The fraction of sp³-hybridized carbons (Fsp3) is 0.375. The molecule has 4 rings (SSSR count). The number of nitrogens with one attached hydrogen (secondary N) is 1. The highest BCUT2D eigenvalue weighted by Gasteiger charge is 2.35. The van der Waals surface area contributed by atoms with E-state index in [1.165, 1.54) is 17.0 Å². The maximum absolute atomic E-state index is 14.3. The van der Waals surface area contributed by atoms with Crippen LogP contribution >= 0.6 is 23.2 Å². The molecule has 0 radical (unpaired) electrons. The molecule has 0 aromatic heterocycles. The Morgan fingerprint density at radius 1 is 0.929 bits per heavy atom. The Morgan fingerprint density at radius 2 is 1.60 bits per heavy atom. The summed E-state index contributed by atoms with van der Waals surface area (Å²) in [5, 5.41) is 3.82. The first-order chi connectivity index (χ1) is 20.1. The Hall–Kier alpha value is -3.07. The van der Waals surface area contributed by atoms with Gasteiger partial charge in [0.25, 0.3) is 10.0 Å². The molecular formula is C32H37Cl2N3O4S. The Labute approximate surface area is 258 Å². The quantitative estimate of drug-likeness (QED) is 0.244. The fourth-order valence-corrected chi connectivity index (χ4v) is 7.20. The molecule has 224 valence electrons. The van der Waals surface area contributed by atoms with Gasteiger partial charge in [-0.3, -0.25) is 13.9 Å². The highest BCUT2D eigenvalue weighted by molar-refractivity contribution is 7.92. The highest BCUT2D eigenvalue weighted by atomic mass is 35.5. The number of amides is 2. The molecule has 10 heteroatoms. The average Bonchev–Trinajstić information content (AvgIpc) is 3.51. The normalized spacial score (nSPS) is 14.4. The lowest BCUT2D eigenvalue weighted by Gasteiger charge is -2.34. The molecule has 1 aliphatic rings. The van der Waals surface area contributed by atoms with Crippen LogP contribution in [-0.2, 0) is 32.6 Å². The number of para-hydroxylation sites is 1. The van der Waals surface area contributed by atoms with Crippen molar-refractivity contribution < 1.29 is 18.0 Å². The number of nitrogens with zero attached hydrogens (tertiary/aromatic N) is 2. The van der Waals surface area contributed by atoms with Crippen LogP contribution in [0, 0.1) is 0 Å². The number of carbonyl (C=O) groups excluding carboxylic acids is 2. The van der Waals surface area contributed by atoms with Crippen LogP contribution in [0.5, 0.6) is 0 Å². The molecule has 2 amide bonds. The van der Waals surface area contributed by atoms with E-state index in [2.05, 4.69) is 5.32 Å². The number of rotatable bonds is 12. The van der Waals surface area contributed by atoms with Gasteiger partial charge in [0.15, 0.2) is 0 Å². The van der Waals surface area contributed by atoms with Gasteiger partial charge in [-0.15, -0.1) is 0 Å². The van der Waals surface area contributed by atoms with Crippen molar-refractivity contribution in [3.63, 3.8) is 0 Å². The first-order valence-corrected chi connectivity index (χ1v) is 16.5. The third kappa shape index (κ3) is 7.46. The van der Waals surface area contributed by atoms with Gasteiger partial charge in [-0.25, -0.2) is 8.42 Å². The minimum Gasteiger partial charge on any atom is -0.352 e. The molecule has 1 atom stereocenters. The van der Waals surface area contributed by atoms with Gasteiger partial charge in [-0.1, -0.05) is 92.4 Å². The summed E-state index contributed by atoms with van der Waals surface area (Å²) in [6, 6.07) is 19.5. The van der Waals surface area contributed by atoms with Crippen LogP contribution in [0.4, 0.5) is 5.69 Å². The van der Waals surface area contributed by atoms with Crippen molar-refractivity contribution in [3.05, 3.63) is 94.0 Å². The molecule has 1 N–H and O–H groups in total. The second-order valence-corrected chi connectivity index (χ2v) is 13.2. The highest BCUT2D eigenvalue weighted by Crippen LogP contribution is 2.29. The summed E-state index contributed by atoms with van der Waals surface area (Å²) >= 11 is 12.4. The van der Waals surface area contributed by atoms with Crippen LogP contribution in [0.2, 0.25) is 10.0 Å². The summed E-state index contributed by atoms with van der Waals surface area (Å²) in [6.07, 6.45) is 4.83. The smallest absolute Gasteiger partial charge is 0.264 e. The molecule has 1 saturated carbocycles. The predicted molar refractivity (Wildman–Crippen MR) is 168 cm³/mol. The Bertz CT molecular complexity index is 1490. The van der Waals surface area contributed by atoms with Gasteiger partial charge in [0.2, 0.25) is 11.8 Å². The van der Waals surface area contributed by atoms with Crippen molar-refractivity contribution in [3.8, 4) is 0 Å². The van der Waals surface area contributed by atoms with Crippen molar-refractivity contribution in [2.75, 3.05) is 10.8 Å². The van der Waals surface area contributed by atoms with Crippen LogP contribution in [0.1, 0.15) is 57.1 Å². The van der Waals surface area contributed by atoms with Crippen molar-refractivity contribution in [1.82, 2.24) is 10.2 Å². The predicted octanol–water partition coefficient (Wildman–Crippen LogP) is 6.62. The first-order valence-electron chi connectivity index (χ1n) is 14.3. The van der Waals surface area contributed by atoms with Gasteiger partial charge >= 0.3 is 0 Å². The number of sulfonamides is 1. The van der Waals surface area contributed by atoms with E-state index in [-0.39, 0.29) is 23.4 Å². The molecule has 3 aromatic rings. The average molecular weight is 631 g/mol. The lowest BCUT2D eigenvalue weighted by Crippen LogP contribution is -2.53. The molecule has 0 unspecified atom stereocenters. The second-order valence-electron chi connectivity index (χ2n) is 10.5. The molecule has 3 aromatic carbocycles.